The average Bonchev–Trinajstić information content (AvgIpc) is 3.82. The van der Waals surface area contributed by atoms with Crippen LogP contribution in [0.2, 0.25) is 0 Å². The molecule has 0 aliphatic heterocycles. The molecule has 57 heavy (non-hydrogen) atoms. The van der Waals surface area contributed by atoms with E-state index in [-0.39, 0.29) is 0 Å². The molecule has 1 aliphatic rings. The van der Waals surface area contributed by atoms with Crippen molar-refractivity contribution in [1.29, 1.82) is 0 Å². The minimum Gasteiger partial charge on any atom is -0.310 e. The van der Waals surface area contributed by atoms with Gasteiger partial charge in [0.2, 0.25) is 0 Å². The Hall–Kier alpha value is -7.00. The van der Waals surface area contributed by atoms with Crippen molar-refractivity contribution in [2.24, 2.45) is 0 Å². The van der Waals surface area contributed by atoms with Gasteiger partial charge in [0.05, 0.1) is 5.41 Å². The Morgan fingerprint density at radius 1 is 0.333 bits per heavy atom. The third kappa shape index (κ3) is 5.37. The van der Waals surface area contributed by atoms with Gasteiger partial charge in [-0.25, -0.2) is 0 Å². The predicted octanol–water partition coefficient (Wildman–Crippen LogP) is 15.2. The van der Waals surface area contributed by atoms with E-state index in [9.17, 15) is 0 Å². The number of hydrogen-bond acceptors (Lipinski definition) is 2. The van der Waals surface area contributed by atoms with Crippen LogP contribution in [0.5, 0.6) is 0 Å². The van der Waals surface area contributed by atoms with Gasteiger partial charge in [0.25, 0.3) is 0 Å². The maximum Gasteiger partial charge on any atom is 0.0714 e. The van der Waals surface area contributed by atoms with E-state index in [4.69, 9.17) is 0 Å². The SMILES string of the molecule is c1ccc(-c2ccc(N(c3cccc(-c4cccc5c4sc4ccccc45)c3)c3ccc4c(c3)C(c3ccccc3)(c3ccccc3)c3ccccc3-4)cc2)cc1. The standard InChI is InChI=1S/C55H37NS/c1-4-16-38(17-5-1)39-30-32-43(33-31-39)56(44-23-14-18-40(36-44)46-26-15-27-50-49-25-11-13-29-53(49)57-54(46)50)45-34-35-48-47-24-10-12-28-51(47)55(52(48)37-45,41-19-6-2-7-20-41)42-21-8-3-9-22-42/h1-37H. The van der Waals surface area contributed by atoms with Crippen molar-refractivity contribution in [2.45, 2.75) is 5.41 Å². The fourth-order valence-corrected chi connectivity index (χ4v) is 10.5. The Kier molecular flexibility index (Phi) is 7.98. The van der Waals surface area contributed by atoms with Gasteiger partial charge in [-0.1, -0.05) is 182 Å². The summed E-state index contributed by atoms with van der Waals surface area (Å²) >= 11 is 1.88. The van der Waals surface area contributed by atoms with Crippen LogP contribution in [0.4, 0.5) is 17.1 Å². The third-order valence-electron chi connectivity index (χ3n) is 11.8. The summed E-state index contributed by atoms with van der Waals surface area (Å²) in [5.74, 6) is 0. The molecule has 0 saturated carbocycles. The molecular weight excluding hydrogens is 707 g/mol. The average molecular weight is 744 g/mol. The maximum atomic E-state index is 2.46. The zero-order valence-corrected chi connectivity index (χ0v) is 32.0. The smallest absolute Gasteiger partial charge is 0.0714 e. The molecule has 10 aromatic rings. The van der Waals surface area contributed by atoms with Crippen LogP contribution in [0.3, 0.4) is 0 Å². The highest BCUT2D eigenvalue weighted by molar-refractivity contribution is 7.26. The van der Waals surface area contributed by atoms with Crippen LogP contribution in [0.1, 0.15) is 22.3 Å². The van der Waals surface area contributed by atoms with E-state index in [1.54, 1.807) is 0 Å². The van der Waals surface area contributed by atoms with Gasteiger partial charge < -0.3 is 4.90 Å². The summed E-state index contributed by atoms with van der Waals surface area (Å²) in [4.78, 5) is 2.44. The summed E-state index contributed by atoms with van der Waals surface area (Å²) in [6, 6.07) is 82.5. The van der Waals surface area contributed by atoms with Crippen LogP contribution < -0.4 is 4.90 Å². The second-order valence-corrected chi connectivity index (χ2v) is 15.9. The number of anilines is 3. The van der Waals surface area contributed by atoms with Gasteiger partial charge in [0, 0.05) is 37.2 Å². The van der Waals surface area contributed by atoms with Crippen LogP contribution in [-0.4, -0.2) is 0 Å². The van der Waals surface area contributed by atoms with Crippen molar-refractivity contribution >= 4 is 48.6 Å². The number of nitrogens with zero attached hydrogens (tertiary/aromatic N) is 1. The normalized spacial score (nSPS) is 12.7. The summed E-state index contributed by atoms with van der Waals surface area (Å²) in [5.41, 5.74) is 15.4. The number of fused-ring (bicyclic) bond motifs is 6. The van der Waals surface area contributed by atoms with Crippen molar-refractivity contribution in [3.8, 4) is 33.4 Å². The fraction of sp³-hybridized carbons (Fsp3) is 0.0182. The van der Waals surface area contributed by atoms with E-state index in [0.717, 1.165) is 17.1 Å². The quantitative estimate of drug-likeness (QED) is 0.157. The van der Waals surface area contributed by atoms with E-state index < -0.39 is 5.41 Å². The van der Waals surface area contributed by atoms with Gasteiger partial charge in [-0.15, -0.1) is 11.3 Å². The number of rotatable bonds is 7. The van der Waals surface area contributed by atoms with Gasteiger partial charge in [-0.3, -0.25) is 0 Å². The number of thiophene rings is 1. The lowest BCUT2D eigenvalue weighted by atomic mass is 9.67. The minimum atomic E-state index is -0.494. The molecule has 1 aliphatic carbocycles. The molecule has 9 aromatic carbocycles. The first-order valence-electron chi connectivity index (χ1n) is 19.6. The van der Waals surface area contributed by atoms with Gasteiger partial charge in [-0.2, -0.15) is 0 Å². The third-order valence-corrected chi connectivity index (χ3v) is 13.0. The molecule has 0 atom stereocenters. The lowest BCUT2D eigenvalue weighted by Gasteiger charge is -2.35. The number of hydrogen-bond donors (Lipinski definition) is 0. The van der Waals surface area contributed by atoms with Gasteiger partial charge in [0.1, 0.15) is 0 Å². The second-order valence-electron chi connectivity index (χ2n) is 14.8. The monoisotopic (exact) mass is 743 g/mol. The van der Waals surface area contributed by atoms with Gasteiger partial charge >= 0.3 is 0 Å². The second kappa shape index (κ2) is 13.6. The summed E-state index contributed by atoms with van der Waals surface area (Å²) in [7, 11) is 0. The molecule has 11 rings (SSSR count). The maximum absolute atomic E-state index is 2.46. The lowest BCUT2D eigenvalue weighted by molar-refractivity contribution is 0.768. The summed E-state index contributed by atoms with van der Waals surface area (Å²) in [6.45, 7) is 0. The van der Waals surface area contributed by atoms with E-state index >= 15 is 0 Å². The molecule has 0 bridgehead atoms. The Bertz CT molecular complexity index is 3020. The van der Waals surface area contributed by atoms with Crippen molar-refractivity contribution in [1.82, 2.24) is 0 Å². The highest BCUT2D eigenvalue weighted by atomic mass is 32.1. The van der Waals surface area contributed by atoms with Crippen molar-refractivity contribution in [3.05, 3.63) is 247 Å². The molecular formula is C55H37NS. The predicted molar refractivity (Wildman–Crippen MR) is 242 cm³/mol. The van der Waals surface area contributed by atoms with E-state index in [0.29, 0.717) is 0 Å². The van der Waals surface area contributed by atoms with Crippen molar-refractivity contribution < 1.29 is 0 Å². The molecule has 0 amide bonds. The Morgan fingerprint density at radius 3 is 1.65 bits per heavy atom. The van der Waals surface area contributed by atoms with Crippen molar-refractivity contribution in [3.63, 3.8) is 0 Å². The van der Waals surface area contributed by atoms with Crippen LogP contribution in [0.15, 0.2) is 224 Å². The highest BCUT2D eigenvalue weighted by Gasteiger charge is 2.46. The molecule has 0 radical (unpaired) electrons. The Balaban J connectivity index is 1.14. The Labute approximate surface area is 337 Å². The van der Waals surface area contributed by atoms with Gasteiger partial charge in [-0.05, 0) is 98.1 Å². The van der Waals surface area contributed by atoms with E-state index in [1.807, 2.05) is 11.3 Å². The molecule has 0 N–H and O–H groups in total. The summed E-state index contributed by atoms with van der Waals surface area (Å²) < 4.78 is 2.64. The van der Waals surface area contributed by atoms with Crippen LogP contribution in [-0.2, 0) is 5.41 Å². The zero-order chi connectivity index (χ0) is 37.8. The summed E-state index contributed by atoms with van der Waals surface area (Å²) in [6.07, 6.45) is 0. The van der Waals surface area contributed by atoms with Crippen molar-refractivity contribution in [2.75, 3.05) is 4.90 Å². The van der Waals surface area contributed by atoms with E-state index in [2.05, 4.69) is 229 Å². The molecule has 0 spiro atoms. The molecule has 2 heteroatoms. The van der Waals surface area contributed by atoms with E-state index in [1.165, 1.54) is 75.8 Å². The molecule has 1 heterocycles. The highest BCUT2D eigenvalue weighted by Crippen LogP contribution is 2.57. The molecule has 0 unspecified atom stereocenters. The van der Waals surface area contributed by atoms with Crippen LogP contribution >= 0.6 is 11.3 Å². The minimum absolute atomic E-state index is 0.494. The fourth-order valence-electron chi connectivity index (χ4n) is 9.24. The molecule has 1 aromatic heterocycles. The zero-order valence-electron chi connectivity index (χ0n) is 31.2. The Morgan fingerprint density at radius 2 is 0.877 bits per heavy atom. The van der Waals surface area contributed by atoms with Crippen LogP contribution in [0.25, 0.3) is 53.6 Å². The number of benzene rings is 9. The molecule has 1 nitrogen and oxygen atoms in total. The van der Waals surface area contributed by atoms with Crippen LogP contribution in [0, 0.1) is 0 Å². The first kappa shape index (κ1) is 33.3. The first-order valence-corrected chi connectivity index (χ1v) is 20.4. The molecule has 268 valence electrons. The largest absolute Gasteiger partial charge is 0.310 e. The molecule has 0 fully saturated rings. The topological polar surface area (TPSA) is 3.24 Å². The summed E-state index contributed by atoms with van der Waals surface area (Å²) in [5, 5.41) is 2.62. The first-order chi connectivity index (χ1) is 28.3. The molecule has 0 saturated heterocycles. The van der Waals surface area contributed by atoms with Gasteiger partial charge in [0.15, 0.2) is 0 Å². The lowest BCUT2D eigenvalue weighted by Crippen LogP contribution is -2.28.